The highest BCUT2D eigenvalue weighted by Gasteiger charge is 2.43. The summed E-state index contributed by atoms with van der Waals surface area (Å²) in [5.74, 6) is 0.508. The Hall–Kier alpha value is -3.66. The fourth-order valence-corrected chi connectivity index (χ4v) is 5.19. The van der Waals surface area contributed by atoms with Gasteiger partial charge in [0.1, 0.15) is 5.69 Å². The maximum absolute atomic E-state index is 12.8. The lowest BCUT2D eigenvalue weighted by atomic mass is 9.86. The van der Waals surface area contributed by atoms with Gasteiger partial charge in [0, 0.05) is 6.54 Å². The Labute approximate surface area is 184 Å². The molecule has 1 aliphatic rings. The van der Waals surface area contributed by atoms with Crippen LogP contribution in [0.15, 0.2) is 53.6 Å². The molecule has 32 heavy (non-hydrogen) atoms. The van der Waals surface area contributed by atoms with Crippen molar-refractivity contribution in [2.45, 2.75) is 31.1 Å². The molecule has 164 valence electrons. The number of aromatic amines is 2. The number of fused-ring (bicyclic) bond motifs is 2. The number of nitrogens with one attached hydrogen (secondary N) is 3. The fourth-order valence-electron chi connectivity index (χ4n) is 4.11. The molecule has 5 rings (SSSR count). The number of H-pyrrole nitrogens is 2. The quantitative estimate of drug-likeness (QED) is 0.430. The molecule has 0 spiro atoms. The molecule has 1 aliphatic heterocycles. The molecule has 0 atom stereocenters. The van der Waals surface area contributed by atoms with Gasteiger partial charge in [-0.2, -0.15) is 5.10 Å². The van der Waals surface area contributed by atoms with Crippen molar-refractivity contribution < 1.29 is 13.2 Å². The molecule has 1 amide bonds. The highest BCUT2D eigenvalue weighted by molar-refractivity contribution is 7.92. The predicted octanol–water partition coefficient (Wildman–Crippen LogP) is 3.40. The number of carbonyl (C=O) groups is 1. The Morgan fingerprint density at radius 2 is 1.91 bits per heavy atom. The lowest BCUT2D eigenvalue weighted by Gasteiger charge is -2.18. The molecule has 4 aromatic rings. The van der Waals surface area contributed by atoms with Crippen molar-refractivity contribution >= 4 is 38.3 Å². The second-order valence-corrected chi connectivity index (χ2v) is 9.91. The van der Waals surface area contributed by atoms with E-state index in [1.807, 2.05) is 32.9 Å². The van der Waals surface area contributed by atoms with E-state index in [1.54, 1.807) is 23.1 Å². The number of likely N-dealkylation sites (N-methyl/N-ethyl adjacent to an activating group) is 1. The summed E-state index contributed by atoms with van der Waals surface area (Å²) in [5, 5.41) is 6.82. The zero-order valence-corrected chi connectivity index (χ0v) is 18.6. The second kappa shape index (κ2) is 6.92. The van der Waals surface area contributed by atoms with E-state index >= 15 is 0 Å². The smallest absolute Gasteiger partial charge is 0.262 e. The zero-order valence-electron chi connectivity index (χ0n) is 17.8. The van der Waals surface area contributed by atoms with Gasteiger partial charge in [0.15, 0.2) is 5.82 Å². The molecule has 10 heteroatoms. The first-order chi connectivity index (χ1) is 15.2. The van der Waals surface area contributed by atoms with Crippen LogP contribution in [0, 0.1) is 0 Å². The number of hydrogen-bond donors (Lipinski definition) is 3. The Morgan fingerprint density at radius 3 is 2.62 bits per heavy atom. The second-order valence-electron chi connectivity index (χ2n) is 8.22. The van der Waals surface area contributed by atoms with E-state index in [9.17, 15) is 13.2 Å². The Balaban J connectivity index is 1.56. The van der Waals surface area contributed by atoms with Crippen molar-refractivity contribution in [1.82, 2.24) is 20.2 Å². The summed E-state index contributed by atoms with van der Waals surface area (Å²) in [6.45, 7) is 6.35. The normalized spacial score (nSPS) is 15.3. The van der Waals surface area contributed by atoms with Crippen molar-refractivity contribution in [1.29, 1.82) is 0 Å². The molecule has 0 bridgehead atoms. The SMILES string of the molecule is CCN1C(=O)C(C)(C)c2cc3[nH]c(-c4[nH]ncc4NS(=O)(=O)c4ccccc4)nc3cc21. The van der Waals surface area contributed by atoms with Gasteiger partial charge in [-0.05, 0) is 50.6 Å². The average molecular weight is 451 g/mol. The summed E-state index contributed by atoms with van der Waals surface area (Å²) in [5.41, 5.74) is 3.28. The standard InChI is InChI=1S/C22H22N6O3S/c1-4-28-18-11-16-15(10-14(18)22(2,3)21(28)29)24-20(25-16)19-17(12-23-26-19)27-32(30,31)13-8-6-5-7-9-13/h5-12,27H,4H2,1-3H3,(H,23,26)(H,24,25). The first kappa shape index (κ1) is 20.3. The van der Waals surface area contributed by atoms with Gasteiger partial charge in [0.25, 0.3) is 10.0 Å². The van der Waals surface area contributed by atoms with Crippen molar-refractivity contribution in [3.63, 3.8) is 0 Å². The summed E-state index contributed by atoms with van der Waals surface area (Å²) in [6, 6.07) is 12.0. The molecule has 3 heterocycles. The number of aromatic nitrogens is 4. The van der Waals surface area contributed by atoms with Crippen LogP contribution in [-0.2, 0) is 20.2 Å². The molecule has 2 aromatic carbocycles. The predicted molar refractivity (Wildman–Crippen MR) is 122 cm³/mol. The van der Waals surface area contributed by atoms with E-state index in [4.69, 9.17) is 0 Å². The van der Waals surface area contributed by atoms with Gasteiger partial charge in [-0.15, -0.1) is 0 Å². The van der Waals surface area contributed by atoms with Crippen LogP contribution in [0.5, 0.6) is 0 Å². The van der Waals surface area contributed by atoms with E-state index < -0.39 is 15.4 Å². The topological polar surface area (TPSA) is 124 Å². The zero-order chi connectivity index (χ0) is 22.7. The minimum Gasteiger partial charge on any atom is -0.337 e. The van der Waals surface area contributed by atoms with E-state index in [-0.39, 0.29) is 16.5 Å². The minimum atomic E-state index is -3.78. The largest absolute Gasteiger partial charge is 0.337 e. The summed E-state index contributed by atoms with van der Waals surface area (Å²) >= 11 is 0. The molecule has 0 radical (unpaired) electrons. The van der Waals surface area contributed by atoms with Gasteiger partial charge in [0.2, 0.25) is 5.91 Å². The van der Waals surface area contributed by atoms with Crippen LogP contribution in [0.25, 0.3) is 22.6 Å². The number of sulfonamides is 1. The van der Waals surface area contributed by atoms with E-state index in [2.05, 4.69) is 24.9 Å². The summed E-state index contributed by atoms with van der Waals surface area (Å²) < 4.78 is 28.1. The Morgan fingerprint density at radius 1 is 1.16 bits per heavy atom. The van der Waals surface area contributed by atoms with Crippen molar-refractivity contribution in [2.75, 3.05) is 16.2 Å². The molecule has 0 saturated heterocycles. The molecule has 9 nitrogen and oxygen atoms in total. The third-order valence-corrected chi connectivity index (χ3v) is 7.21. The number of hydrogen-bond acceptors (Lipinski definition) is 5. The number of carbonyl (C=O) groups excluding carboxylic acids is 1. The fraction of sp³-hybridized carbons (Fsp3) is 0.227. The van der Waals surface area contributed by atoms with Crippen molar-refractivity contribution in [2.24, 2.45) is 0 Å². The molecular weight excluding hydrogens is 428 g/mol. The molecule has 0 fully saturated rings. The number of benzene rings is 2. The van der Waals surface area contributed by atoms with Gasteiger partial charge in [-0.25, -0.2) is 13.4 Å². The van der Waals surface area contributed by atoms with Crippen LogP contribution in [-0.4, -0.2) is 41.0 Å². The maximum atomic E-state index is 12.8. The molecule has 3 N–H and O–H groups in total. The molecular formula is C22H22N6O3S. The number of imidazole rings is 1. The number of rotatable bonds is 5. The monoisotopic (exact) mass is 450 g/mol. The van der Waals surface area contributed by atoms with Gasteiger partial charge in [0.05, 0.1) is 38.9 Å². The van der Waals surface area contributed by atoms with Crippen LogP contribution in [0.4, 0.5) is 11.4 Å². The van der Waals surface area contributed by atoms with Crippen LogP contribution in [0.3, 0.4) is 0 Å². The van der Waals surface area contributed by atoms with Gasteiger partial charge < -0.3 is 9.88 Å². The van der Waals surface area contributed by atoms with E-state index in [0.717, 1.165) is 16.8 Å². The average Bonchev–Trinajstić information content (AvgIpc) is 3.43. The van der Waals surface area contributed by atoms with Gasteiger partial charge >= 0.3 is 0 Å². The third kappa shape index (κ3) is 2.98. The van der Waals surface area contributed by atoms with Gasteiger partial charge in [-0.1, -0.05) is 18.2 Å². The van der Waals surface area contributed by atoms with Crippen LogP contribution in [0.2, 0.25) is 0 Å². The van der Waals surface area contributed by atoms with E-state index in [0.29, 0.717) is 23.6 Å². The summed E-state index contributed by atoms with van der Waals surface area (Å²) in [7, 11) is -3.78. The Bertz CT molecular complexity index is 1450. The van der Waals surface area contributed by atoms with Crippen LogP contribution in [0.1, 0.15) is 26.3 Å². The highest BCUT2D eigenvalue weighted by atomic mass is 32.2. The lowest BCUT2D eigenvalue weighted by molar-refractivity contribution is -0.122. The summed E-state index contributed by atoms with van der Waals surface area (Å²) in [4.78, 5) is 22.6. The molecule has 2 aromatic heterocycles. The first-order valence-corrected chi connectivity index (χ1v) is 11.7. The number of amides is 1. The molecule has 0 saturated carbocycles. The van der Waals surface area contributed by atoms with E-state index in [1.165, 1.54) is 18.3 Å². The lowest BCUT2D eigenvalue weighted by Crippen LogP contribution is -2.35. The first-order valence-electron chi connectivity index (χ1n) is 10.2. The van der Waals surface area contributed by atoms with Crippen LogP contribution >= 0.6 is 0 Å². The number of anilines is 2. The highest BCUT2D eigenvalue weighted by Crippen LogP contribution is 2.43. The van der Waals surface area contributed by atoms with Crippen molar-refractivity contribution in [3.8, 4) is 11.5 Å². The maximum Gasteiger partial charge on any atom is 0.262 e. The Kier molecular flexibility index (Phi) is 4.38. The molecule has 0 unspecified atom stereocenters. The van der Waals surface area contributed by atoms with Crippen LogP contribution < -0.4 is 9.62 Å². The molecule has 0 aliphatic carbocycles. The van der Waals surface area contributed by atoms with Crippen molar-refractivity contribution in [3.05, 3.63) is 54.2 Å². The number of nitrogens with zero attached hydrogens (tertiary/aromatic N) is 3. The summed E-state index contributed by atoms with van der Waals surface area (Å²) in [6.07, 6.45) is 1.41. The third-order valence-electron chi connectivity index (χ3n) is 5.83. The minimum absolute atomic E-state index is 0.0639. The van der Waals surface area contributed by atoms with Gasteiger partial charge in [-0.3, -0.25) is 14.6 Å².